The molecule has 0 spiro atoms. The second kappa shape index (κ2) is 13.2. The van der Waals surface area contributed by atoms with Crippen molar-refractivity contribution >= 4 is 33.9 Å². The van der Waals surface area contributed by atoms with E-state index in [2.05, 4.69) is 35.2 Å². The lowest BCUT2D eigenvalue weighted by Crippen LogP contribution is -2.31. The zero-order valence-electron chi connectivity index (χ0n) is 26.3. The van der Waals surface area contributed by atoms with Crippen LogP contribution in [-0.2, 0) is 17.1 Å². The predicted octanol–water partition coefficient (Wildman–Crippen LogP) is 4.74. The molecule has 14 nitrogen and oxygen atoms in total. The van der Waals surface area contributed by atoms with E-state index in [1.807, 2.05) is 0 Å². The second-order valence-electron chi connectivity index (χ2n) is 10.8. The summed E-state index contributed by atoms with van der Waals surface area (Å²) in [6.07, 6.45) is -6.02. The Morgan fingerprint density at radius 3 is 1.69 bits per heavy atom. The highest BCUT2D eigenvalue weighted by atomic mass is 19.4. The number of hydrogen-bond acceptors (Lipinski definition) is 10. The molecule has 1 atom stereocenters. The van der Waals surface area contributed by atoms with Gasteiger partial charge in [0.05, 0.1) is 72.8 Å². The van der Waals surface area contributed by atoms with E-state index in [1.165, 1.54) is 50.6 Å². The molecule has 6 rings (SSSR count). The van der Waals surface area contributed by atoms with Crippen LogP contribution in [0.4, 0.5) is 26.3 Å². The molecule has 51 heavy (non-hydrogen) atoms. The molecule has 4 heterocycles. The van der Waals surface area contributed by atoms with Crippen molar-refractivity contribution in [3.8, 4) is 23.1 Å². The van der Waals surface area contributed by atoms with E-state index in [0.29, 0.717) is 0 Å². The van der Waals surface area contributed by atoms with Crippen LogP contribution in [0.25, 0.3) is 33.7 Å². The summed E-state index contributed by atoms with van der Waals surface area (Å²) < 4.78 is 95.5. The summed E-state index contributed by atoms with van der Waals surface area (Å²) in [5.41, 5.74) is 5.12. The maximum absolute atomic E-state index is 14.0. The first kappa shape index (κ1) is 34.5. The number of nitrogens with zero attached hydrogens (tertiary/aromatic N) is 8. The van der Waals surface area contributed by atoms with Crippen LogP contribution in [0, 0.1) is 0 Å². The minimum atomic E-state index is -4.87. The average Bonchev–Trinajstić information content (AvgIpc) is 3.69. The van der Waals surface area contributed by atoms with Gasteiger partial charge in [-0.2, -0.15) is 26.3 Å². The normalized spacial score (nSPS) is 12.6. The van der Waals surface area contributed by atoms with Crippen molar-refractivity contribution in [1.29, 1.82) is 0 Å². The average molecular weight is 715 g/mol. The van der Waals surface area contributed by atoms with Crippen LogP contribution >= 0.6 is 0 Å². The van der Waals surface area contributed by atoms with Crippen molar-refractivity contribution in [2.45, 2.75) is 31.2 Å². The van der Waals surface area contributed by atoms with Gasteiger partial charge in [-0.05, 0) is 30.7 Å². The van der Waals surface area contributed by atoms with Gasteiger partial charge in [0.2, 0.25) is 17.6 Å². The molecule has 0 saturated heterocycles. The molecule has 0 fully saturated rings. The standard InChI is InChI=1S/C31H24F6N10O4/c1-50-15-3-6-22-18(9-15)44-28(30(32,33)34)46(22)25-13-39-20(11-41-25)17(5-8-24(38)48)43-27(49)21-12-42-26(14-40-21)47-23-7-4-16(51-2)10-19(23)45-29(47)31(35,36)37/h3-4,6-7,9-14,17H,5,8H2,1-2H3,(H2,38,48)(H,43,49). The quantitative estimate of drug-likeness (QED) is 0.189. The first-order valence-electron chi connectivity index (χ1n) is 14.7. The monoisotopic (exact) mass is 714 g/mol. The molecule has 0 saturated carbocycles. The molecule has 2 amide bonds. The topological polar surface area (TPSA) is 178 Å². The van der Waals surface area contributed by atoms with E-state index in [1.54, 1.807) is 0 Å². The smallest absolute Gasteiger partial charge is 0.450 e. The maximum atomic E-state index is 14.0. The second-order valence-corrected chi connectivity index (χ2v) is 10.8. The van der Waals surface area contributed by atoms with E-state index in [-0.39, 0.29) is 69.4 Å². The van der Waals surface area contributed by atoms with E-state index >= 15 is 0 Å². The van der Waals surface area contributed by atoms with Crippen molar-refractivity contribution in [2.24, 2.45) is 5.73 Å². The Balaban J connectivity index is 1.29. The van der Waals surface area contributed by atoms with Gasteiger partial charge in [0.15, 0.2) is 11.6 Å². The highest BCUT2D eigenvalue weighted by Crippen LogP contribution is 2.36. The molecule has 264 valence electrons. The summed E-state index contributed by atoms with van der Waals surface area (Å²) in [6, 6.07) is 7.25. The maximum Gasteiger partial charge on any atom is 0.450 e. The first-order chi connectivity index (χ1) is 24.2. The number of amides is 2. The molecule has 2 aromatic carbocycles. The predicted molar refractivity (Wildman–Crippen MR) is 165 cm³/mol. The summed E-state index contributed by atoms with van der Waals surface area (Å²) >= 11 is 0. The molecule has 6 aromatic rings. The molecule has 0 bridgehead atoms. The minimum absolute atomic E-state index is 0.0117. The van der Waals surface area contributed by atoms with E-state index in [0.717, 1.165) is 33.9 Å². The highest BCUT2D eigenvalue weighted by molar-refractivity contribution is 5.92. The van der Waals surface area contributed by atoms with Crippen LogP contribution in [0.15, 0.2) is 61.2 Å². The number of carbonyl (C=O) groups is 2. The number of ether oxygens (including phenoxy) is 2. The number of carbonyl (C=O) groups excluding carboxylic acids is 2. The lowest BCUT2D eigenvalue weighted by atomic mass is 10.1. The van der Waals surface area contributed by atoms with E-state index < -0.39 is 41.9 Å². The van der Waals surface area contributed by atoms with Gasteiger partial charge in [-0.3, -0.25) is 23.7 Å². The summed E-state index contributed by atoms with van der Waals surface area (Å²) in [5, 5.41) is 2.59. The Bertz CT molecular complexity index is 2250. The number of fused-ring (bicyclic) bond motifs is 2. The van der Waals surface area contributed by atoms with E-state index in [4.69, 9.17) is 15.2 Å². The van der Waals surface area contributed by atoms with Crippen molar-refractivity contribution in [2.75, 3.05) is 14.2 Å². The van der Waals surface area contributed by atoms with Crippen LogP contribution < -0.4 is 20.5 Å². The van der Waals surface area contributed by atoms with Gasteiger partial charge >= 0.3 is 12.4 Å². The highest BCUT2D eigenvalue weighted by Gasteiger charge is 2.40. The number of primary amides is 1. The molecule has 3 N–H and O–H groups in total. The van der Waals surface area contributed by atoms with Crippen LogP contribution in [0.2, 0.25) is 0 Å². The van der Waals surface area contributed by atoms with Crippen LogP contribution in [0.1, 0.15) is 46.7 Å². The molecule has 4 aromatic heterocycles. The van der Waals surface area contributed by atoms with Crippen LogP contribution in [0.5, 0.6) is 11.5 Å². The van der Waals surface area contributed by atoms with Crippen LogP contribution in [0.3, 0.4) is 0 Å². The van der Waals surface area contributed by atoms with Crippen LogP contribution in [-0.4, -0.2) is 65.1 Å². The van der Waals surface area contributed by atoms with Gasteiger partial charge in [0, 0.05) is 18.6 Å². The Hall–Kier alpha value is -6.34. The molecule has 0 radical (unpaired) electrons. The Labute approximate surface area is 282 Å². The van der Waals surface area contributed by atoms with E-state index in [9.17, 15) is 35.9 Å². The van der Waals surface area contributed by atoms with Gasteiger partial charge in [0.1, 0.15) is 17.2 Å². The first-order valence-corrected chi connectivity index (χ1v) is 14.7. The number of aromatic nitrogens is 8. The van der Waals surface area contributed by atoms with Gasteiger partial charge in [-0.1, -0.05) is 0 Å². The van der Waals surface area contributed by atoms with Crippen molar-refractivity contribution in [3.05, 3.63) is 84.2 Å². The Kier molecular flexibility index (Phi) is 8.92. The SMILES string of the molecule is COc1ccc2c(c1)nc(C(F)(F)F)n2-c1cnc(C(=O)NC(CCC(N)=O)c2cnc(-n3c(C(F)(F)F)nc4cc(OC)ccc43)cn2)cn1. The molecular formula is C31H24F6N10O4. The molecule has 0 aliphatic carbocycles. The fourth-order valence-electron chi connectivity index (χ4n) is 5.21. The summed E-state index contributed by atoms with van der Waals surface area (Å²) in [5.74, 6) is -4.09. The van der Waals surface area contributed by atoms with Gasteiger partial charge < -0.3 is 20.5 Å². The number of nitrogens with one attached hydrogen (secondary N) is 1. The third-order valence-corrected chi connectivity index (χ3v) is 7.56. The summed E-state index contributed by atoms with van der Waals surface area (Å²) in [7, 11) is 2.71. The zero-order valence-corrected chi connectivity index (χ0v) is 26.3. The van der Waals surface area contributed by atoms with Gasteiger partial charge in [0.25, 0.3) is 5.91 Å². The third-order valence-electron chi connectivity index (χ3n) is 7.56. The summed E-state index contributed by atoms with van der Waals surface area (Å²) in [4.78, 5) is 48.6. The fraction of sp³-hybridized carbons (Fsp3) is 0.226. The number of benzene rings is 2. The Morgan fingerprint density at radius 2 is 1.27 bits per heavy atom. The third kappa shape index (κ3) is 6.92. The number of methoxy groups -OCH3 is 2. The largest absolute Gasteiger partial charge is 0.497 e. The molecular weight excluding hydrogens is 690 g/mol. The Morgan fingerprint density at radius 1 is 0.765 bits per heavy atom. The van der Waals surface area contributed by atoms with Gasteiger partial charge in [-0.15, -0.1) is 0 Å². The number of alkyl halides is 6. The molecule has 0 aliphatic rings. The number of imidazole rings is 2. The minimum Gasteiger partial charge on any atom is -0.497 e. The molecule has 20 heteroatoms. The number of rotatable bonds is 10. The van der Waals surface area contributed by atoms with Crippen molar-refractivity contribution in [3.63, 3.8) is 0 Å². The summed E-state index contributed by atoms with van der Waals surface area (Å²) in [6.45, 7) is 0. The number of hydrogen-bond donors (Lipinski definition) is 2. The fourth-order valence-corrected chi connectivity index (χ4v) is 5.21. The van der Waals surface area contributed by atoms with Crippen molar-refractivity contribution < 1.29 is 45.4 Å². The number of halogens is 6. The molecule has 0 aliphatic heterocycles. The zero-order chi connectivity index (χ0) is 36.7. The lowest BCUT2D eigenvalue weighted by Gasteiger charge is -2.18. The van der Waals surface area contributed by atoms with Crippen molar-refractivity contribution in [1.82, 2.24) is 44.4 Å². The van der Waals surface area contributed by atoms with Gasteiger partial charge in [-0.25, -0.2) is 24.9 Å². The number of nitrogens with two attached hydrogens (primary N) is 1. The molecule has 1 unspecified atom stereocenters. The lowest BCUT2D eigenvalue weighted by molar-refractivity contribution is -0.146.